The minimum Gasteiger partial charge on any atom is -0.368 e. The Morgan fingerprint density at radius 2 is 1.79 bits per heavy atom. The molecule has 1 radical (unpaired) electrons. The molecule has 3 rings (SSSR count). The van der Waals surface area contributed by atoms with E-state index in [0.29, 0.717) is 6.07 Å². The van der Waals surface area contributed by atoms with Crippen molar-refractivity contribution >= 4 is 17.5 Å². The standard InChI is InChI=1S/C16H15F4N2O2/c17-9-4-10(18)6-11(5-9)22-12(13(21)23)7-15(14(22)24)2-1-3-16(19,20)8-15/h1,4-6,12H,2-3,7-8H2,(H2,21,23)/t12?,15-/m1/s1. The van der Waals surface area contributed by atoms with Crippen molar-refractivity contribution < 1.29 is 27.2 Å². The zero-order valence-corrected chi connectivity index (χ0v) is 12.6. The summed E-state index contributed by atoms with van der Waals surface area (Å²) in [6.07, 6.45) is 0.0191. The molecule has 4 nitrogen and oxygen atoms in total. The summed E-state index contributed by atoms with van der Waals surface area (Å²) in [5.74, 6) is -6.62. The molecule has 129 valence electrons. The van der Waals surface area contributed by atoms with Gasteiger partial charge in [0, 0.05) is 18.9 Å². The van der Waals surface area contributed by atoms with Gasteiger partial charge in [0.15, 0.2) is 0 Å². The average Bonchev–Trinajstić information content (AvgIpc) is 2.70. The number of carbonyl (C=O) groups excluding carboxylic acids is 2. The molecule has 2 N–H and O–H groups in total. The van der Waals surface area contributed by atoms with Crippen LogP contribution >= 0.6 is 0 Å². The molecule has 2 fully saturated rings. The van der Waals surface area contributed by atoms with E-state index < -0.39 is 53.7 Å². The highest BCUT2D eigenvalue weighted by Gasteiger charge is 2.59. The lowest BCUT2D eigenvalue weighted by atomic mass is 9.70. The maximum Gasteiger partial charge on any atom is 0.249 e. The number of alkyl halides is 2. The number of nitrogens with two attached hydrogens (primary N) is 1. The second-order valence-electron chi connectivity index (χ2n) is 6.44. The number of amides is 2. The summed E-state index contributed by atoms with van der Waals surface area (Å²) in [6, 6.07) is 1.14. The Hall–Kier alpha value is -2.12. The van der Waals surface area contributed by atoms with Crippen molar-refractivity contribution in [1.82, 2.24) is 0 Å². The summed E-state index contributed by atoms with van der Waals surface area (Å²) >= 11 is 0. The molecule has 0 bridgehead atoms. The number of benzene rings is 1. The monoisotopic (exact) mass is 343 g/mol. The van der Waals surface area contributed by atoms with E-state index in [1.54, 1.807) is 0 Å². The fourth-order valence-electron chi connectivity index (χ4n) is 3.67. The normalized spacial score (nSPS) is 29.2. The van der Waals surface area contributed by atoms with E-state index in [1.165, 1.54) is 6.42 Å². The van der Waals surface area contributed by atoms with Crippen LogP contribution in [0.1, 0.15) is 25.7 Å². The predicted molar refractivity (Wildman–Crippen MR) is 77.0 cm³/mol. The van der Waals surface area contributed by atoms with Gasteiger partial charge in [-0.2, -0.15) is 0 Å². The fraction of sp³-hybridized carbons (Fsp3) is 0.438. The van der Waals surface area contributed by atoms with Crippen molar-refractivity contribution in [3.05, 3.63) is 36.3 Å². The highest BCUT2D eigenvalue weighted by molar-refractivity contribution is 6.07. The van der Waals surface area contributed by atoms with Gasteiger partial charge in [0.05, 0.1) is 11.1 Å². The van der Waals surface area contributed by atoms with Crippen LogP contribution < -0.4 is 10.6 Å². The summed E-state index contributed by atoms with van der Waals surface area (Å²) in [5.41, 5.74) is 3.62. The highest BCUT2D eigenvalue weighted by atomic mass is 19.3. The minimum absolute atomic E-state index is 0.0689. The number of hydrogen-bond acceptors (Lipinski definition) is 2. The zero-order chi connectivity index (χ0) is 17.7. The maximum atomic E-state index is 13.8. The Kier molecular flexibility index (Phi) is 3.80. The second kappa shape index (κ2) is 5.46. The van der Waals surface area contributed by atoms with Gasteiger partial charge in [-0.1, -0.05) is 0 Å². The molecule has 2 amide bonds. The molecule has 1 heterocycles. The third-order valence-corrected chi connectivity index (χ3v) is 4.60. The molecule has 24 heavy (non-hydrogen) atoms. The van der Waals surface area contributed by atoms with Crippen LogP contribution in [-0.4, -0.2) is 23.8 Å². The van der Waals surface area contributed by atoms with Gasteiger partial charge in [-0.25, -0.2) is 17.6 Å². The van der Waals surface area contributed by atoms with E-state index in [9.17, 15) is 27.2 Å². The molecule has 1 aromatic carbocycles. The van der Waals surface area contributed by atoms with Crippen molar-refractivity contribution in [2.24, 2.45) is 11.1 Å². The summed E-state index contributed by atoms with van der Waals surface area (Å²) in [4.78, 5) is 25.4. The number of carbonyl (C=O) groups is 2. The van der Waals surface area contributed by atoms with Crippen molar-refractivity contribution in [2.45, 2.75) is 37.6 Å². The lowest BCUT2D eigenvalue weighted by Crippen LogP contribution is -2.44. The molecule has 1 aliphatic heterocycles. The first-order chi connectivity index (χ1) is 11.1. The summed E-state index contributed by atoms with van der Waals surface area (Å²) < 4.78 is 54.6. The Morgan fingerprint density at radius 3 is 2.33 bits per heavy atom. The van der Waals surface area contributed by atoms with Gasteiger partial charge >= 0.3 is 0 Å². The van der Waals surface area contributed by atoms with Crippen LogP contribution in [0.5, 0.6) is 0 Å². The number of anilines is 1. The van der Waals surface area contributed by atoms with Crippen molar-refractivity contribution in [3.63, 3.8) is 0 Å². The van der Waals surface area contributed by atoms with Crippen LogP contribution in [0, 0.1) is 23.5 Å². The first-order valence-electron chi connectivity index (χ1n) is 7.42. The topological polar surface area (TPSA) is 63.4 Å². The molecule has 1 spiro atoms. The first-order valence-corrected chi connectivity index (χ1v) is 7.42. The Morgan fingerprint density at radius 1 is 1.17 bits per heavy atom. The number of rotatable bonds is 2. The largest absolute Gasteiger partial charge is 0.368 e. The van der Waals surface area contributed by atoms with Gasteiger partial charge in [-0.05, 0) is 31.4 Å². The Bertz CT molecular complexity index is 689. The molecule has 2 atom stereocenters. The van der Waals surface area contributed by atoms with Gasteiger partial charge < -0.3 is 5.73 Å². The lowest BCUT2D eigenvalue weighted by molar-refractivity contribution is -0.135. The van der Waals surface area contributed by atoms with E-state index in [0.717, 1.165) is 17.0 Å². The lowest BCUT2D eigenvalue weighted by Gasteiger charge is -2.36. The molecule has 1 aromatic rings. The highest BCUT2D eigenvalue weighted by Crippen LogP contribution is 2.52. The molecule has 1 saturated heterocycles. The molecule has 8 heteroatoms. The average molecular weight is 343 g/mol. The van der Waals surface area contributed by atoms with E-state index in [-0.39, 0.29) is 18.5 Å². The molecule has 2 aliphatic rings. The van der Waals surface area contributed by atoms with Gasteiger partial charge in [-0.3, -0.25) is 14.5 Å². The van der Waals surface area contributed by atoms with Crippen LogP contribution in [0.3, 0.4) is 0 Å². The zero-order valence-electron chi connectivity index (χ0n) is 12.6. The SMILES string of the molecule is NC(=O)C1C[C@@]2(C[CH]CC(F)(F)C2)C(=O)N1c1cc(F)cc(F)c1. The second-order valence-corrected chi connectivity index (χ2v) is 6.44. The molecule has 1 saturated carbocycles. The Balaban J connectivity index is 2.04. The number of primary amides is 1. The molecule has 0 aromatic heterocycles. The summed E-state index contributed by atoms with van der Waals surface area (Å²) in [7, 11) is 0. The van der Waals surface area contributed by atoms with Crippen LogP contribution in [0.25, 0.3) is 0 Å². The van der Waals surface area contributed by atoms with Crippen LogP contribution in [-0.2, 0) is 9.59 Å². The van der Waals surface area contributed by atoms with Gasteiger partial charge in [0.1, 0.15) is 17.7 Å². The fourth-order valence-corrected chi connectivity index (χ4v) is 3.67. The van der Waals surface area contributed by atoms with Crippen molar-refractivity contribution in [3.8, 4) is 0 Å². The molecular weight excluding hydrogens is 328 g/mol. The Labute approximate surface area is 135 Å². The number of halogens is 4. The van der Waals surface area contributed by atoms with Crippen LogP contribution in [0.15, 0.2) is 18.2 Å². The smallest absolute Gasteiger partial charge is 0.249 e. The molecular formula is C16H15F4N2O2. The maximum absolute atomic E-state index is 13.8. The van der Waals surface area contributed by atoms with Gasteiger partial charge in [0.2, 0.25) is 17.7 Å². The third-order valence-electron chi connectivity index (χ3n) is 4.60. The van der Waals surface area contributed by atoms with E-state index in [2.05, 4.69) is 0 Å². The molecule has 1 aliphatic carbocycles. The summed E-state index contributed by atoms with van der Waals surface area (Å²) in [5, 5.41) is 0. The van der Waals surface area contributed by atoms with Crippen LogP contribution in [0.4, 0.5) is 23.2 Å². The van der Waals surface area contributed by atoms with E-state index >= 15 is 0 Å². The predicted octanol–water partition coefficient (Wildman–Crippen LogP) is 2.57. The summed E-state index contributed by atoms with van der Waals surface area (Å²) in [6.45, 7) is 0. The molecule has 1 unspecified atom stereocenters. The van der Waals surface area contributed by atoms with Crippen molar-refractivity contribution in [1.29, 1.82) is 0 Å². The van der Waals surface area contributed by atoms with E-state index in [1.807, 2.05) is 0 Å². The first kappa shape index (κ1) is 16.7. The van der Waals surface area contributed by atoms with Crippen molar-refractivity contribution in [2.75, 3.05) is 4.90 Å². The van der Waals surface area contributed by atoms with E-state index in [4.69, 9.17) is 5.73 Å². The quantitative estimate of drug-likeness (QED) is 0.839. The van der Waals surface area contributed by atoms with Gasteiger partial charge in [0.25, 0.3) is 0 Å². The third kappa shape index (κ3) is 2.74. The number of hydrogen-bond donors (Lipinski definition) is 1. The number of nitrogens with zero attached hydrogens (tertiary/aromatic N) is 1. The van der Waals surface area contributed by atoms with Crippen LogP contribution in [0.2, 0.25) is 0 Å². The minimum atomic E-state index is -3.07. The van der Waals surface area contributed by atoms with Gasteiger partial charge in [-0.15, -0.1) is 0 Å².